The molecule has 1 aliphatic heterocycles. The van der Waals surface area contributed by atoms with Crippen LogP contribution in [0.3, 0.4) is 0 Å². The number of nitrogens with one attached hydrogen (secondary N) is 2. The van der Waals surface area contributed by atoms with Crippen LogP contribution in [0, 0.1) is 5.92 Å². The highest BCUT2D eigenvalue weighted by Crippen LogP contribution is 2.37. The Balaban J connectivity index is 0.00000220. The van der Waals surface area contributed by atoms with Gasteiger partial charge >= 0.3 is 6.18 Å². The first-order valence-corrected chi connectivity index (χ1v) is 8.28. The van der Waals surface area contributed by atoms with E-state index in [0.29, 0.717) is 19.3 Å². The Bertz CT molecular complexity index is 330. The summed E-state index contributed by atoms with van der Waals surface area (Å²) in [4.78, 5) is 11.9. The molecule has 2 rings (SSSR count). The molecule has 0 aromatic heterocycles. The highest BCUT2D eigenvalue weighted by Gasteiger charge is 2.41. The van der Waals surface area contributed by atoms with E-state index in [1.807, 2.05) is 11.8 Å². The van der Waals surface area contributed by atoms with E-state index in [-0.39, 0.29) is 43.2 Å². The molecule has 3 nitrogen and oxygen atoms in total. The van der Waals surface area contributed by atoms with Crippen molar-refractivity contribution in [3.05, 3.63) is 0 Å². The molecule has 0 bridgehead atoms. The van der Waals surface area contributed by atoms with Crippen LogP contribution in [0.15, 0.2) is 0 Å². The molecule has 1 heterocycles. The minimum Gasteiger partial charge on any atom is -0.353 e. The number of thioether (sulfide) groups is 1. The third kappa shape index (κ3) is 6.24. The number of carbonyl (C=O) groups is 1. The number of carbonyl (C=O) groups excluding carboxylic acids is 1. The summed E-state index contributed by atoms with van der Waals surface area (Å²) in [5, 5.41) is 6.17. The van der Waals surface area contributed by atoms with Gasteiger partial charge in [0.2, 0.25) is 5.91 Å². The second kappa shape index (κ2) is 8.48. The van der Waals surface area contributed by atoms with Crippen LogP contribution < -0.4 is 10.6 Å². The molecule has 0 aromatic carbocycles. The summed E-state index contributed by atoms with van der Waals surface area (Å²) in [5.74, 6) is 0.765. The van der Waals surface area contributed by atoms with Gasteiger partial charge in [0.15, 0.2) is 0 Å². The maximum Gasteiger partial charge on any atom is 0.391 e. The second-order valence-electron chi connectivity index (χ2n) is 5.59. The van der Waals surface area contributed by atoms with Crippen LogP contribution in [0.1, 0.15) is 32.1 Å². The lowest BCUT2D eigenvalue weighted by Crippen LogP contribution is -2.45. The fourth-order valence-corrected chi connectivity index (χ4v) is 3.78. The lowest BCUT2D eigenvalue weighted by atomic mass is 9.85. The first-order valence-electron chi connectivity index (χ1n) is 7.12. The van der Waals surface area contributed by atoms with Crippen LogP contribution in [-0.4, -0.2) is 42.2 Å². The molecule has 1 saturated carbocycles. The average Bonchev–Trinajstić information content (AvgIpc) is 2.39. The Labute approximate surface area is 133 Å². The Hall–Kier alpha value is -0.140. The highest BCUT2D eigenvalue weighted by molar-refractivity contribution is 7.99. The largest absolute Gasteiger partial charge is 0.391 e. The highest BCUT2D eigenvalue weighted by atomic mass is 35.5. The smallest absolute Gasteiger partial charge is 0.353 e. The quantitative estimate of drug-likeness (QED) is 0.825. The third-order valence-corrected chi connectivity index (χ3v) is 5.12. The summed E-state index contributed by atoms with van der Waals surface area (Å²) >= 11 is 1.83. The topological polar surface area (TPSA) is 41.1 Å². The predicted octanol–water partition coefficient (Wildman–Crippen LogP) is 2.74. The zero-order chi connectivity index (χ0) is 14.6. The summed E-state index contributed by atoms with van der Waals surface area (Å²) in [6.45, 7) is 0.916. The third-order valence-electron chi connectivity index (χ3n) is 3.99. The van der Waals surface area contributed by atoms with E-state index in [1.54, 1.807) is 0 Å². The predicted molar refractivity (Wildman–Crippen MR) is 80.9 cm³/mol. The first kappa shape index (κ1) is 18.9. The molecule has 21 heavy (non-hydrogen) atoms. The van der Waals surface area contributed by atoms with Gasteiger partial charge in [-0.25, -0.2) is 0 Å². The van der Waals surface area contributed by atoms with E-state index in [2.05, 4.69) is 10.6 Å². The molecular formula is C13H22ClF3N2OS. The van der Waals surface area contributed by atoms with Crippen molar-refractivity contribution < 1.29 is 18.0 Å². The number of halogens is 4. The maximum atomic E-state index is 12.5. The monoisotopic (exact) mass is 346 g/mol. The molecule has 2 N–H and O–H groups in total. The standard InChI is InChI=1S/C13H21F3N2OS.ClH/c14-13(15,16)9-1-3-10(4-2-9)18-12(19)7-11-8-20-6-5-17-11;/h9-11,17H,1-8H2,(H,18,19);1H. The lowest BCUT2D eigenvalue weighted by Gasteiger charge is -2.31. The van der Waals surface area contributed by atoms with Crippen molar-refractivity contribution in [3.8, 4) is 0 Å². The molecular weight excluding hydrogens is 325 g/mol. The number of amides is 1. The molecule has 8 heteroatoms. The summed E-state index contributed by atoms with van der Waals surface area (Å²) in [5.41, 5.74) is 0. The normalized spacial score (nSPS) is 30.3. The van der Waals surface area contributed by atoms with E-state index >= 15 is 0 Å². The van der Waals surface area contributed by atoms with Crippen molar-refractivity contribution >= 4 is 30.1 Å². The Kier molecular flexibility index (Phi) is 7.64. The second-order valence-corrected chi connectivity index (χ2v) is 6.74. The summed E-state index contributed by atoms with van der Waals surface area (Å²) in [6.07, 6.45) is -2.53. The van der Waals surface area contributed by atoms with Crippen LogP contribution in [0.25, 0.3) is 0 Å². The molecule has 0 spiro atoms. The van der Waals surface area contributed by atoms with Gasteiger partial charge in [0.1, 0.15) is 0 Å². The van der Waals surface area contributed by atoms with Crippen molar-refractivity contribution in [2.75, 3.05) is 18.1 Å². The Morgan fingerprint density at radius 1 is 1.24 bits per heavy atom. The molecule has 1 amide bonds. The van der Waals surface area contributed by atoms with Crippen LogP contribution >= 0.6 is 24.2 Å². The summed E-state index contributed by atoms with van der Waals surface area (Å²) in [6, 6.07) is 0.109. The van der Waals surface area contributed by atoms with E-state index in [4.69, 9.17) is 0 Å². The zero-order valence-corrected chi connectivity index (χ0v) is 13.4. The maximum absolute atomic E-state index is 12.5. The van der Waals surface area contributed by atoms with Gasteiger partial charge in [0.05, 0.1) is 5.92 Å². The first-order chi connectivity index (χ1) is 9.45. The van der Waals surface area contributed by atoms with Crippen molar-refractivity contribution in [1.82, 2.24) is 10.6 Å². The molecule has 0 aromatic rings. The van der Waals surface area contributed by atoms with Gasteiger partial charge in [-0.3, -0.25) is 4.79 Å². The fourth-order valence-electron chi connectivity index (χ4n) is 2.83. The van der Waals surface area contributed by atoms with Crippen molar-refractivity contribution in [3.63, 3.8) is 0 Å². The van der Waals surface area contributed by atoms with E-state index in [0.717, 1.165) is 18.1 Å². The van der Waals surface area contributed by atoms with Crippen LogP contribution in [0.4, 0.5) is 13.2 Å². The van der Waals surface area contributed by atoms with Gasteiger partial charge in [0.25, 0.3) is 0 Å². The average molecular weight is 347 g/mol. The van der Waals surface area contributed by atoms with Crippen LogP contribution in [-0.2, 0) is 4.79 Å². The minimum absolute atomic E-state index is 0. The van der Waals surface area contributed by atoms with Crippen molar-refractivity contribution in [2.24, 2.45) is 5.92 Å². The SMILES string of the molecule is Cl.O=C(CC1CSCCN1)NC1CCC(C(F)(F)F)CC1. The number of alkyl halides is 3. The van der Waals surface area contributed by atoms with Gasteiger partial charge in [-0.05, 0) is 25.7 Å². The van der Waals surface area contributed by atoms with E-state index in [9.17, 15) is 18.0 Å². The van der Waals surface area contributed by atoms with E-state index < -0.39 is 12.1 Å². The van der Waals surface area contributed by atoms with Crippen LogP contribution in [0.2, 0.25) is 0 Å². The Morgan fingerprint density at radius 3 is 2.43 bits per heavy atom. The van der Waals surface area contributed by atoms with Crippen LogP contribution in [0.5, 0.6) is 0 Å². The van der Waals surface area contributed by atoms with Gasteiger partial charge in [-0.15, -0.1) is 12.4 Å². The summed E-state index contributed by atoms with van der Waals surface area (Å²) < 4.78 is 37.6. The lowest BCUT2D eigenvalue weighted by molar-refractivity contribution is -0.182. The molecule has 1 saturated heterocycles. The number of rotatable bonds is 3. The number of hydrogen-bond acceptors (Lipinski definition) is 3. The van der Waals surface area contributed by atoms with Gasteiger partial charge in [-0.1, -0.05) is 0 Å². The minimum atomic E-state index is -4.09. The zero-order valence-electron chi connectivity index (χ0n) is 11.7. The molecule has 1 aliphatic carbocycles. The van der Waals surface area contributed by atoms with Crippen molar-refractivity contribution in [1.29, 1.82) is 0 Å². The molecule has 1 atom stereocenters. The fraction of sp³-hybridized carbons (Fsp3) is 0.923. The van der Waals surface area contributed by atoms with Gasteiger partial charge < -0.3 is 10.6 Å². The van der Waals surface area contributed by atoms with Gasteiger partial charge in [-0.2, -0.15) is 24.9 Å². The van der Waals surface area contributed by atoms with E-state index in [1.165, 1.54) is 0 Å². The summed E-state index contributed by atoms with van der Waals surface area (Å²) in [7, 11) is 0. The molecule has 2 fully saturated rings. The molecule has 2 aliphatic rings. The molecule has 1 unspecified atom stereocenters. The molecule has 124 valence electrons. The Morgan fingerprint density at radius 2 is 1.90 bits per heavy atom. The molecule has 0 radical (unpaired) electrons. The number of hydrogen-bond donors (Lipinski definition) is 2. The van der Waals surface area contributed by atoms with Crippen molar-refractivity contribution in [2.45, 2.75) is 50.4 Å². The van der Waals surface area contributed by atoms with Gasteiger partial charge in [0, 0.05) is 36.6 Å².